The van der Waals surface area contributed by atoms with Crippen LogP contribution in [0.2, 0.25) is 0 Å². The Kier molecular flexibility index (Phi) is 8.54. The largest absolute Gasteiger partial charge is 0.456 e. The number of carbonyl (C=O) groups is 3. The van der Waals surface area contributed by atoms with Crippen LogP contribution in [0.1, 0.15) is 34.3 Å². The first kappa shape index (κ1) is 25.5. The van der Waals surface area contributed by atoms with E-state index in [4.69, 9.17) is 9.47 Å². The molecule has 1 aliphatic heterocycles. The Labute approximate surface area is 199 Å². The van der Waals surface area contributed by atoms with Crippen molar-refractivity contribution in [2.75, 3.05) is 38.2 Å². The van der Waals surface area contributed by atoms with Crippen LogP contribution in [0, 0.1) is 13.8 Å². The lowest BCUT2D eigenvalue weighted by Crippen LogP contribution is -2.40. The summed E-state index contributed by atoms with van der Waals surface area (Å²) in [5, 5.41) is 2.55. The van der Waals surface area contributed by atoms with Gasteiger partial charge in [-0.3, -0.25) is 14.4 Å². The molecule has 1 N–H and O–H groups in total. The number of rotatable bonds is 9. The van der Waals surface area contributed by atoms with Gasteiger partial charge in [-0.2, -0.15) is 4.31 Å². The van der Waals surface area contributed by atoms with Gasteiger partial charge in [0.25, 0.3) is 5.91 Å². The first-order chi connectivity index (χ1) is 16.2. The van der Waals surface area contributed by atoms with Gasteiger partial charge in [-0.05, 0) is 49.7 Å². The van der Waals surface area contributed by atoms with Gasteiger partial charge in [0.1, 0.15) is 0 Å². The minimum Gasteiger partial charge on any atom is -0.456 e. The molecule has 0 unspecified atom stereocenters. The number of ether oxygens (including phenoxy) is 2. The van der Waals surface area contributed by atoms with Crippen LogP contribution in [0.3, 0.4) is 0 Å². The predicted octanol–water partition coefficient (Wildman–Crippen LogP) is 2.47. The number of carbonyl (C=O) groups excluding carboxylic acids is 3. The van der Waals surface area contributed by atoms with E-state index in [0.717, 1.165) is 11.1 Å². The molecule has 9 nitrogen and oxygen atoms in total. The molecule has 0 radical (unpaired) electrons. The molecular formula is C24H28N2O7S. The highest BCUT2D eigenvalue weighted by Gasteiger charge is 2.26. The number of nitrogens with one attached hydrogen (secondary N) is 1. The minimum atomic E-state index is -3.62. The van der Waals surface area contributed by atoms with Crippen molar-refractivity contribution >= 4 is 33.4 Å². The van der Waals surface area contributed by atoms with Crippen LogP contribution in [-0.2, 0) is 29.1 Å². The van der Waals surface area contributed by atoms with E-state index in [1.165, 1.54) is 28.6 Å². The summed E-state index contributed by atoms with van der Waals surface area (Å²) in [6.07, 6.45) is -0.141. The molecular weight excluding hydrogens is 460 g/mol. The molecule has 1 aliphatic rings. The van der Waals surface area contributed by atoms with Crippen molar-refractivity contribution in [3.63, 3.8) is 0 Å². The first-order valence-electron chi connectivity index (χ1n) is 10.9. The second kappa shape index (κ2) is 11.4. The van der Waals surface area contributed by atoms with Crippen molar-refractivity contribution in [3.05, 3.63) is 59.2 Å². The molecule has 2 aromatic rings. The molecule has 0 aliphatic carbocycles. The van der Waals surface area contributed by atoms with Crippen LogP contribution in [-0.4, -0.2) is 63.3 Å². The maximum absolute atomic E-state index is 12.6. The van der Waals surface area contributed by atoms with Gasteiger partial charge in [0.15, 0.2) is 12.4 Å². The Bertz CT molecular complexity index is 1150. The van der Waals surface area contributed by atoms with E-state index >= 15 is 0 Å². The SMILES string of the molecule is Cc1ccc(C)c(C(=O)CCC(=O)OCC(=O)Nc2ccc(S(=O)(=O)N3CCOCC3)cc2)c1. The molecule has 1 heterocycles. The molecule has 0 atom stereocenters. The van der Waals surface area contributed by atoms with Crippen LogP contribution in [0.25, 0.3) is 0 Å². The van der Waals surface area contributed by atoms with Gasteiger partial charge in [0.05, 0.1) is 24.5 Å². The number of nitrogens with zero attached hydrogens (tertiary/aromatic N) is 1. The minimum absolute atomic E-state index is 0.0101. The van der Waals surface area contributed by atoms with Crippen molar-refractivity contribution in [2.45, 2.75) is 31.6 Å². The molecule has 3 rings (SSSR count). The van der Waals surface area contributed by atoms with E-state index in [2.05, 4.69) is 5.32 Å². The summed E-state index contributed by atoms with van der Waals surface area (Å²) in [6, 6.07) is 11.3. The third-order valence-corrected chi connectivity index (χ3v) is 7.27. The molecule has 0 spiro atoms. The summed E-state index contributed by atoms with van der Waals surface area (Å²) in [6.45, 7) is 4.51. The number of amides is 1. The molecule has 1 fully saturated rings. The fraction of sp³-hybridized carbons (Fsp3) is 0.375. The van der Waals surface area contributed by atoms with Gasteiger partial charge in [0.2, 0.25) is 10.0 Å². The predicted molar refractivity (Wildman–Crippen MR) is 125 cm³/mol. The summed E-state index contributed by atoms with van der Waals surface area (Å²) in [7, 11) is -3.62. The zero-order chi connectivity index (χ0) is 24.7. The highest BCUT2D eigenvalue weighted by molar-refractivity contribution is 7.89. The number of ketones is 1. The molecule has 0 aromatic heterocycles. The Hall–Kier alpha value is -3.08. The van der Waals surface area contributed by atoms with Crippen LogP contribution in [0.4, 0.5) is 5.69 Å². The molecule has 2 aromatic carbocycles. The lowest BCUT2D eigenvalue weighted by atomic mass is 9.99. The lowest BCUT2D eigenvalue weighted by molar-refractivity contribution is -0.147. The second-order valence-electron chi connectivity index (χ2n) is 7.99. The molecule has 182 valence electrons. The fourth-order valence-corrected chi connectivity index (χ4v) is 4.86. The maximum atomic E-state index is 12.6. The molecule has 0 bridgehead atoms. The van der Waals surface area contributed by atoms with E-state index in [9.17, 15) is 22.8 Å². The fourth-order valence-electron chi connectivity index (χ4n) is 3.45. The average Bonchev–Trinajstić information content (AvgIpc) is 2.83. The molecule has 34 heavy (non-hydrogen) atoms. The van der Waals surface area contributed by atoms with Crippen molar-refractivity contribution < 1.29 is 32.3 Å². The van der Waals surface area contributed by atoms with Crippen molar-refractivity contribution in [2.24, 2.45) is 0 Å². The Morgan fingerprint density at radius 1 is 1.00 bits per heavy atom. The highest BCUT2D eigenvalue weighted by Crippen LogP contribution is 2.19. The van der Waals surface area contributed by atoms with Crippen LogP contribution in [0.15, 0.2) is 47.4 Å². The average molecular weight is 489 g/mol. The van der Waals surface area contributed by atoms with Crippen molar-refractivity contribution in [3.8, 4) is 0 Å². The number of hydrogen-bond acceptors (Lipinski definition) is 7. The highest BCUT2D eigenvalue weighted by atomic mass is 32.2. The Morgan fingerprint density at radius 3 is 2.35 bits per heavy atom. The van der Waals surface area contributed by atoms with Gasteiger partial charge >= 0.3 is 5.97 Å². The summed E-state index contributed by atoms with van der Waals surface area (Å²) >= 11 is 0. The van der Waals surface area contributed by atoms with E-state index in [0.29, 0.717) is 37.6 Å². The zero-order valence-electron chi connectivity index (χ0n) is 19.2. The summed E-state index contributed by atoms with van der Waals surface area (Å²) in [5.41, 5.74) is 2.74. The Balaban J connectivity index is 1.45. The van der Waals surface area contributed by atoms with Crippen LogP contribution in [0.5, 0.6) is 0 Å². The molecule has 1 saturated heterocycles. The van der Waals surface area contributed by atoms with Gasteiger partial charge in [-0.1, -0.05) is 17.7 Å². The molecule has 0 saturated carbocycles. The van der Waals surface area contributed by atoms with Crippen molar-refractivity contribution in [1.82, 2.24) is 4.31 Å². The van der Waals surface area contributed by atoms with Gasteiger partial charge in [-0.25, -0.2) is 8.42 Å². The summed E-state index contributed by atoms with van der Waals surface area (Å²) in [4.78, 5) is 36.5. The van der Waals surface area contributed by atoms with E-state index < -0.39 is 28.5 Å². The number of benzene rings is 2. The number of morpholine rings is 1. The second-order valence-corrected chi connectivity index (χ2v) is 9.93. The first-order valence-corrected chi connectivity index (χ1v) is 12.3. The Morgan fingerprint density at radius 2 is 1.68 bits per heavy atom. The summed E-state index contributed by atoms with van der Waals surface area (Å²) in [5.74, 6) is -1.38. The standard InChI is InChI=1S/C24H28N2O7S/c1-17-3-4-18(2)21(15-17)22(27)9-10-24(29)33-16-23(28)25-19-5-7-20(8-6-19)34(30,31)26-11-13-32-14-12-26/h3-8,15H,9-14,16H2,1-2H3,(H,25,28). The maximum Gasteiger partial charge on any atom is 0.306 e. The quantitative estimate of drug-likeness (QED) is 0.425. The van der Waals surface area contributed by atoms with Crippen LogP contribution < -0.4 is 5.32 Å². The molecule has 10 heteroatoms. The van der Waals surface area contributed by atoms with Crippen LogP contribution >= 0.6 is 0 Å². The van der Waals surface area contributed by atoms with E-state index in [1.54, 1.807) is 6.07 Å². The number of esters is 1. The normalized spacial score (nSPS) is 14.4. The number of Topliss-reactive ketones (excluding diaryl/α,β-unsaturated/α-hetero) is 1. The van der Waals surface area contributed by atoms with E-state index in [-0.39, 0.29) is 23.5 Å². The smallest absolute Gasteiger partial charge is 0.306 e. The number of anilines is 1. The lowest BCUT2D eigenvalue weighted by Gasteiger charge is -2.26. The van der Waals surface area contributed by atoms with E-state index in [1.807, 2.05) is 26.0 Å². The van der Waals surface area contributed by atoms with Gasteiger partial charge < -0.3 is 14.8 Å². The number of sulfonamides is 1. The van der Waals surface area contributed by atoms with Gasteiger partial charge in [-0.15, -0.1) is 0 Å². The van der Waals surface area contributed by atoms with Gasteiger partial charge in [0, 0.05) is 30.8 Å². The third-order valence-electron chi connectivity index (χ3n) is 5.36. The zero-order valence-corrected chi connectivity index (χ0v) is 20.0. The number of hydrogen-bond donors (Lipinski definition) is 1. The van der Waals surface area contributed by atoms with Crippen molar-refractivity contribution in [1.29, 1.82) is 0 Å². The monoisotopic (exact) mass is 488 g/mol. The molecule has 1 amide bonds. The summed E-state index contributed by atoms with van der Waals surface area (Å²) < 4.78 is 36.8. The number of aryl methyl sites for hydroxylation is 2. The topological polar surface area (TPSA) is 119 Å². The third kappa shape index (κ3) is 6.72.